The zero-order chi connectivity index (χ0) is 14.9. The molecule has 1 spiro atoms. The summed E-state index contributed by atoms with van der Waals surface area (Å²) in [4.78, 5) is 12.3. The summed E-state index contributed by atoms with van der Waals surface area (Å²) in [7, 11) is 0. The maximum absolute atomic E-state index is 12.3. The minimum Gasteiger partial charge on any atom is -0.349 e. The minimum atomic E-state index is -0.392. The summed E-state index contributed by atoms with van der Waals surface area (Å²) in [6.07, 6.45) is 3.37. The predicted molar refractivity (Wildman–Crippen MR) is 83.5 cm³/mol. The zero-order valence-corrected chi connectivity index (χ0v) is 13.9. The van der Waals surface area contributed by atoms with Crippen molar-refractivity contribution in [2.24, 2.45) is 0 Å². The lowest BCUT2D eigenvalue weighted by atomic mass is 9.90. The first-order valence-corrected chi connectivity index (χ1v) is 8.29. The van der Waals surface area contributed by atoms with Crippen LogP contribution in [0.5, 0.6) is 0 Å². The Balaban J connectivity index is 1.58. The van der Waals surface area contributed by atoms with Crippen molar-refractivity contribution >= 4 is 33.4 Å². The molecule has 4 nitrogen and oxygen atoms in total. The number of carbonyl (C=O) groups excluding carboxylic acids is 1. The number of hydrogen-bond acceptors (Lipinski definition) is 3. The molecule has 0 radical (unpaired) electrons. The second-order valence-electron chi connectivity index (χ2n) is 5.48. The molecule has 21 heavy (non-hydrogen) atoms. The van der Waals surface area contributed by atoms with Gasteiger partial charge in [0.25, 0.3) is 5.91 Å². The van der Waals surface area contributed by atoms with Gasteiger partial charge in [0.05, 0.1) is 23.8 Å². The van der Waals surface area contributed by atoms with Gasteiger partial charge in [0, 0.05) is 23.4 Å². The van der Waals surface area contributed by atoms with Gasteiger partial charge in [-0.2, -0.15) is 0 Å². The number of hydrogen-bond donors (Lipinski definition) is 1. The minimum absolute atomic E-state index is 0.123. The summed E-state index contributed by atoms with van der Waals surface area (Å²) < 4.78 is 12.2. The van der Waals surface area contributed by atoms with Crippen molar-refractivity contribution in [3.8, 4) is 0 Å². The Kier molecular flexibility index (Phi) is 4.54. The van der Waals surface area contributed by atoms with E-state index in [-0.39, 0.29) is 11.9 Å². The lowest BCUT2D eigenvalue weighted by molar-refractivity contribution is -0.179. The number of rotatable bonds is 2. The Labute approximate surface area is 137 Å². The molecule has 1 aromatic rings. The Hall–Kier alpha value is -0.620. The largest absolute Gasteiger partial charge is 0.349 e. The van der Waals surface area contributed by atoms with Crippen molar-refractivity contribution in [3.63, 3.8) is 0 Å². The molecule has 1 N–H and O–H groups in total. The molecule has 2 aliphatic rings. The highest BCUT2D eigenvalue weighted by molar-refractivity contribution is 9.10. The third-order valence-electron chi connectivity index (χ3n) is 4.07. The van der Waals surface area contributed by atoms with Crippen LogP contribution < -0.4 is 5.32 Å². The van der Waals surface area contributed by atoms with E-state index in [9.17, 15) is 4.79 Å². The molecule has 0 unspecified atom stereocenters. The molecule has 6 heteroatoms. The Morgan fingerprint density at radius 2 is 1.95 bits per heavy atom. The normalized spacial score (nSPS) is 21.6. The average Bonchev–Trinajstić information content (AvgIpc) is 2.90. The number of nitrogens with one attached hydrogen (secondary N) is 1. The van der Waals surface area contributed by atoms with Gasteiger partial charge in [-0.3, -0.25) is 4.79 Å². The smallest absolute Gasteiger partial charge is 0.253 e. The first-order valence-electron chi connectivity index (χ1n) is 7.12. The van der Waals surface area contributed by atoms with Gasteiger partial charge in [-0.05, 0) is 31.0 Å². The Morgan fingerprint density at radius 3 is 2.57 bits per heavy atom. The third-order valence-corrected chi connectivity index (χ3v) is 4.88. The van der Waals surface area contributed by atoms with Crippen LogP contribution >= 0.6 is 27.5 Å². The van der Waals surface area contributed by atoms with Crippen LogP contribution in [0.2, 0.25) is 5.02 Å². The van der Waals surface area contributed by atoms with Crippen molar-refractivity contribution in [1.82, 2.24) is 5.32 Å². The molecule has 0 atom stereocenters. The number of amides is 1. The van der Waals surface area contributed by atoms with Gasteiger partial charge in [0.15, 0.2) is 5.79 Å². The summed E-state index contributed by atoms with van der Waals surface area (Å²) >= 11 is 9.44. The van der Waals surface area contributed by atoms with Crippen molar-refractivity contribution in [1.29, 1.82) is 0 Å². The molecule has 1 aliphatic carbocycles. The third kappa shape index (κ3) is 3.42. The molecule has 1 saturated carbocycles. The predicted octanol–water partition coefficient (Wildman–Crippen LogP) is 3.52. The summed E-state index contributed by atoms with van der Waals surface area (Å²) in [6.45, 7) is 1.34. The molecule has 0 bridgehead atoms. The highest BCUT2D eigenvalue weighted by Gasteiger charge is 2.40. The van der Waals surface area contributed by atoms with Crippen LogP contribution in [0.25, 0.3) is 0 Å². The summed E-state index contributed by atoms with van der Waals surface area (Å²) in [5.74, 6) is -0.516. The first kappa shape index (κ1) is 15.3. The van der Waals surface area contributed by atoms with E-state index in [0.29, 0.717) is 23.8 Å². The molecule has 1 amide bonds. The molecule has 0 aromatic heterocycles. The van der Waals surface area contributed by atoms with Gasteiger partial charge in [0.2, 0.25) is 0 Å². The molecular weight excluding hydrogens is 358 g/mol. The molecule has 2 fully saturated rings. The lowest BCUT2D eigenvalue weighted by Gasteiger charge is -2.35. The molecule has 114 valence electrons. The molecule has 1 aliphatic heterocycles. The first-order chi connectivity index (χ1) is 10.1. The van der Waals surface area contributed by atoms with Crippen LogP contribution in [0, 0.1) is 0 Å². The van der Waals surface area contributed by atoms with E-state index in [1.807, 2.05) is 6.07 Å². The highest BCUT2D eigenvalue weighted by Crippen LogP contribution is 2.35. The van der Waals surface area contributed by atoms with Crippen molar-refractivity contribution in [3.05, 3.63) is 33.3 Å². The van der Waals surface area contributed by atoms with E-state index in [4.69, 9.17) is 21.1 Å². The number of carbonyl (C=O) groups is 1. The molecule has 1 saturated heterocycles. The zero-order valence-electron chi connectivity index (χ0n) is 11.5. The van der Waals surface area contributed by atoms with Crippen LogP contribution in [-0.2, 0) is 9.47 Å². The second kappa shape index (κ2) is 6.24. The van der Waals surface area contributed by atoms with Gasteiger partial charge >= 0.3 is 0 Å². The van der Waals surface area contributed by atoms with Gasteiger partial charge in [0.1, 0.15) is 0 Å². The van der Waals surface area contributed by atoms with E-state index in [1.54, 1.807) is 12.1 Å². The van der Waals surface area contributed by atoms with Crippen molar-refractivity contribution in [2.75, 3.05) is 13.2 Å². The maximum Gasteiger partial charge on any atom is 0.253 e. The number of benzene rings is 1. The van der Waals surface area contributed by atoms with Crippen LogP contribution in [0.15, 0.2) is 22.7 Å². The summed E-state index contributed by atoms with van der Waals surface area (Å²) in [5.41, 5.74) is 0.508. The van der Waals surface area contributed by atoms with Gasteiger partial charge in [-0.15, -0.1) is 0 Å². The second-order valence-corrected chi connectivity index (χ2v) is 6.80. The Bertz CT molecular complexity index is 536. The topological polar surface area (TPSA) is 47.6 Å². The SMILES string of the molecule is O=C(NC1CCC2(CC1)OCCO2)c1ccc(Br)cc1Cl. The van der Waals surface area contributed by atoms with E-state index in [2.05, 4.69) is 21.2 Å². The van der Waals surface area contributed by atoms with Crippen molar-refractivity contribution in [2.45, 2.75) is 37.5 Å². The van der Waals surface area contributed by atoms with E-state index in [0.717, 1.165) is 30.2 Å². The maximum atomic E-state index is 12.3. The monoisotopic (exact) mass is 373 g/mol. The van der Waals surface area contributed by atoms with Gasteiger partial charge in [-0.1, -0.05) is 27.5 Å². The van der Waals surface area contributed by atoms with Crippen LogP contribution in [0.3, 0.4) is 0 Å². The number of halogens is 2. The fraction of sp³-hybridized carbons (Fsp3) is 0.533. The molecule has 1 heterocycles. The van der Waals surface area contributed by atoms with E-state index < -0.39 is 5.79 Å². The molecular formula is C15H17BrClNO3. The standard InChI is InChI=1S/C15H17BrClNO3/c16-10-1-2-12(13(17)9-10)14(19)18-11-3-5-15(6-4-11)20-7-8-21-15/h1-2,9,11H,3-8H2,(H,18,19). The fourth-order valence-corrected chi connectivity index (χ4v) is 3.68. The summed E-state index contributed by atoms with van der Waals surface area (Å²) in [5, 5.41) is 3.51. The van der Waals surface area contributed by atoms with E-state index >= 15 is 0 Å². The quantitative estimate of drug-likeness (QED) is 0.861. The summed E-state index contributed by atoms with van der Waals surface area (Å²) in [6, 6.07) is 5.43. The average molecular weight is 375 g/mol. The van der Waals surface area contributed by atoms with Gasteiger partial charge < -0.3 is 14.8 Å². The fourth-order valence-electron chi connectivity index (χ4n) is 2.92. The highest BCUT2D eigenvalue weighted by atomic mass is 79.9. The number of ether oxygens (including phenoxy) is 2. The Morgan fingerprint density at radius 1 is 1.29 bits per heavy atom. The van der Waals surface area contributed by atoms with Gasteiger partial charge in [-0.25, -0.2) is 0 Å². The van der Waals surface area contributed by atoms with Crippen LogP contribution in [0.1, 0.15) is 36.0 Å². The van der Waals surface area contributed by atoms with Crippen molar-refractivity contribution < 1.29 is 14.3 Å². The van der Waals surface area contributed by atoms with Crippen LogP contribution in [-0.4, -0.2) is 30.9 Å². The lowest BCUT2D eigenvalue weighted by Crippen LogP contribution is -2.44. The van der Waals surface area contributed by atoms with E-state index in [1.165, 1.54) is 0 Å². The van der Waals surface area contributed by atoms with Crippen LogP contribution in [0.4, 0.5) is 0 Å². The molecule has 3 rings (SSSR count). The molecule has 1 aromatic carbocycles.